The van der Waals surface area contributed by atoms with Gasteiger partial charge in [-0.3, -0.25) is 4.79 Å². The van der Waals surface area contributed by atoms with Gasteiger partial charge in [0.25, 0.3) is 0 Å². The van der Waals surface area contributed by atoms with Gasteiger partial charge in [0, 0.05) is 12.6 Å². The van der Waals surface area contributed by atoms with Crippen LogP contribution < -0.4 is 4.74 Å². The number of pyridine rings is 1. The van der Waals surface area contributed by atoms with E-state index in [1.807, 2.05) is 0 Å². The van der Waals surface area contributed by atoms with Crippen molar-refractivity contribution in [1.82, 2.24) is 4.98 Å². The van der Waals surface area contributed by atoms with Crippen molar-refractivity contribution >= 4 is 5.78 Å². The lowest BCUT2D eigenvalue weighted by atomic mass is 9.99. The summed E-state index contributed by atoms with van der Waals surface area (Å²) in [6.45, 7) is 0. The number of hydrogen-bond donors (Lipinski definition) is 0. The molecule has 3 heteroatoms. The molecule has 0 radical (unpaired) electrons. The monoisotopic (exact) mass is 233 g/mol. The Hall–Kier alpha value is -1.38. The fraction of sp³-hybridized carbons (Fsp3) is 0.571. The third-order valence-electron chi connectivity index (χ3n) is 3.51. The van der Waals surface area contributed by atoms with Crippen molar-refractivity contribution in [3.05, 3.63) is 24.0 Å². The molecular weight excluding hydrogens is 214 g/mol. The number of methoxy groups -OCH3 is 1. The molecule has 92 valence electrons. The van der Waals surface area contributed by atoms with Crippen LogP contribution in [-0.2, 0) is 0 Å². The Morgan fingerprint density at radius 2 is 2.24 bits per heavy atom. The first-order chi connectivity index (χ1) is 8.31. The molecule has 0 N–H and O–H groups in total. The molecule has 1 aliphatic rings. The number of Topliss-reactive ketones (excluding diaryl/α,β-unsaturated/α-hetero) is 1. The molecule has 3 nitrogen and oxygen atoms in total. The van der Waals surface area contributed by atoms with E-state index in [2.05, 4.69) is 4.98 Å². The van der Waals surface area contributed by atoms with Gasteiger partial charge in [0.1, 0.15) is 11.4 Å². The Kier molecular flexibility index (Phi) is 4.13. The van der Waals surface area contributed by atoms with Gasteiger partial charge >= 0.3 is 0 Å². The maximum atomic E-state index is 12.0. The zero-order valence-corrected chi connectivity index (χ0v) is 10.3. The molecule has 0 bridgehead atoms. The summed E-state index contributed by atoms with van der Waals surface area (Å²) in [5.74, 6) is 1.44. The lowest BCUT2D eigenvalue weighted by Gasteiger charge is -2.09. The number of nitrogens with zero attached hydrogens (tertiary/aromatic N) is 1. The first-order valence-electron chi connectivity index (χ1n) is 6.33. The fourth-order valence-corrected chi connectivity index (χ4v) is 2.52. The van der Waals surface area contributed by atoms with Crippen molar-refractivity contribution in [2.24, 2.45) is 5.92 Å². The largest absolute Gasteiger partial charge is 0.494 e. The predicted molar refractivity (Wildman–Crippen MR) is 66.3 cm³/mol. The average Bonchev–Trinajstić information content (AvgIpc) is 2.89. The van der Waals surface area contributed by atoms with Crippen molar-refractivity contribution < 1.29 is 9.53 Å². The minimum atomic E-state index is 0.106. The zero-order valence-electron chi connectivity index (χ0n) is 10.3. The maximum absolute atomic E-state index is 12.0. The van der Waals surface area contributed by atoms with E-state index in [-0.39, 0.29) is 5.78 Å². The van der Waals surface area contributed by atoms with E-state index in [0.29, 0.717) is 17.9 Å². The Balaban J connectivity index is 1.94. The molecule has 1 heterocycles. The predicted octanol–water partition coefficient (Wildman–Crippen LogP) is 3.24. The number of rotatable bonds is 5. The summed E-state index contributed by atoms with van der Waals surface area (Å²) in [5, 5.41) is 0. The van der Waals surface area contributed by atoms with E-state index in [1.54, 1.807) is 25.4 Å². The second-order valence-electron chi connectivity index (χ2n) is 4.67. The molecule has 1 saturated carbocycles. The number of ketones is 1. The molecule has 0 saturated heterocycles. The van der Waals surface area contributed by atoms with Crippen LogP contribution in [-0.4, -0.2) is 17.9 Å². The van der Waals surface area contributed by atoms with Gasteiger partial charge in [-0.1, -0.05) is 25.7 Å². The summed E-state index contributed by atoms with van der Waals surface area (Å²) in [7, 11) is 1.57. The Bertz CT molecular complexity index is 384. The summed E-state index contributed by atoms with van der Waals surface area (Å²) in [6, 6.07) is 3.57. The molecule has 1 aliphatic carbocycles. The number of hydrogen-bond acceptors (Lipinski definition) is 3. The summed E-state index contributed by atoms with van der Waals surface area (Å²) < 4.78 is 5.15. The molecule has 1 aromatic heterocycles. The van der Waals surface area contributed by atoms with Gasteiger partial charge in [0.05, 0.1) is 7.11 Å². The second-order valence-corrected chi connectivity index (χ2v) is 4.67. The Morgan fingerprint density at radius 1 is 1.47 bits per heavy atom. The Morgan fingerprint density at radius 3 is 2.94 bits per heavy atom. The molecule has 17 heavy (non-hydrogen) atoms. The molecule has 0 unspecified atom stereocenters. The van der Waals surface area contributed by atoms with E-state index in [0.717, 1.165) is 12.3 Å². The molecule has 0 amide bonds. The van der Waals surface area contributed by atoms with Crippen LogP contribution in [0.2, 0.25) is 0 Å². The van der Waals surface area contributed by atoms with Crippen LogP contribution in [0.15, 0.2) is 18.3 Å². The number of carbonyl (C=O) groups is 1. The van der Waals surface area contributed by atoms with E-state index < -0.39 is 0 Å². The molecular formula is C14H19NO2. The fourth-order valence-electron chi connectivity index (χ4n) is 2.52. The van der Waals surface area contributed by atoms with Crippen molar-refractivity contribution in [2.75, 3.05) is 7.11 Å². The molecule has 1 fully saturated rings. The van der Waals surface area contributed by atoms with Crippen molar-refractivity contribution in [3.63, 3.8) is 0 Å². The van der Waals surface area contributed by atoms with Crippen molar-refractivity contribution in [1.29, 1.82) is 0 Å². The topological polar surface area (TPSA) is 39.2 Å². The van der Waals surface area contributed by atoms with E-state index in [9.17, 15) is 4.79 Å². The van der Waals surface area contributed by atoms with Crippen LogP contribution in [0.3, 0.4) is 0 Å². The van der Waals surface area contributed by atoms with Crippen LogP contribution in [0, 0.1) is 5.92 Å². The molecule has 0 aromatic carbocycles. The molecule has 2 rings (SSSR count). The third-order valence-corrected chi connectivity index (χ3v) is 3.51. The summed E-state index contributed by atoms with van der Waals surface area (Å²) >= 11 is 0. The maximum Gasteiger partial charge on any atom is 0.184 e. The SMILES string of the molecule is COc1cccnc1C(=O)CCC1CCCC1. The minimum absolute atomic E-state index is 0.106. The van der Waals surface area contributed by atoms with Crippen molar-refractivity contribution in [2.45, 2.75) is 38.5 Å². The van der Waals surface area contributed by atoms with E-state index in [1.165, 1.54) is 25.7 Å². The highest BCUT2D eigenvalue weighted by atomic mass is 16.5. The van der Waals surface area contributed by atoms with Crippen LogP contribution >= 0.6 is 0 Å². The minimum Gasteiger partial charge on any atom is -0.494 e. The molecule has 0 aliphatic heterocycles. The highest BCUT2D eigenvalue weighted by Gasteiger charge is 2.18. The number of ether oxygens (including phenoxy) is 1. The van der Waals surface area contributed by atoms with Gasteiger partial charge in [-0.15, -0.1) is 0 Å². The summed E-state index contributed by atoms with van der Waals surface area (Å²) in [5.41, 5.74) is 0.480. The van der Waals surface area contributed by atoms with Gasteiger partial charge in [0.15, 0.2) is 5.78 Å². The van der Waals surface area contributed by atoms with Gasteiger partial charge in [-0.2, -0.15) is 0 Å². The Labute approximate surface area is 102 Å². The normalized spacial score (nSPS) is 16.1. The quantitative estimate of drug-likeness (QED) is 0.733. The van der Waals surface area contributed by atoms with E-state index in [4.69, 9.17) is 4.74 Å². The highest BCUT2D eigenvalue weighted by molar-refractivity contribution is 5.96. The lowest BCUT2D eigenvalue weighted by Crippen LogP contribution is -2.07. The van der Waals surface area contributed by atoms with Gasteiger partial charge in [-0.05, 0) is 24.5 Å². The molecule has 0 spiro atoms. The first-order valence-corrected chi connectivity index (χ1v) is 6.33. The number of aromatic nitrogens is 1. The number of carbonyl (C=O) groups excluding carboxylic acids is 1. The smallest absolute Gasteiger partial charge is 0.184 e. The highest BCUT2D eigenvalue weighted by Crippen LogP contribution is 2.29. The van der Waals surface area contributed by atoms with Crippen LogP contribution in [0.4, 0.5) is 0 Å². The van der Waals surface area contributed by atoms with Gasteiger partial charge < -0.3 is 4.74 Å². The van der Waals surface area contributed by atoms with Crippen molar-refractivity contribution in [3.8, 4) is 5.75 Å². The average molecular weight is 233 g/mol. The molecule has 0 atom stereocenters. The third kappa shape index (κ3) is 3.05. The summed E-state index contributed by atoms with van der Waals surface area (Å²) in [6.07, 6.45) is 8.46. The molecule has 1 aromatic rings. The van der Waals surface area contributed by atoms with Gasteiger partial charge in [0.2, 0.25) is 0 Å². The second kappa shape index (κ2) is 5.80. The summed E-state index contributed by atoms with van der Waals surface area (Å²) in [4.78, 5) is 16.2. The zero-order chi connectivity index (χ0) is 12.1. The van der Waals surface area contributed by atoms with Gasteiger partial charge in [-0.25, -0.2) is 4.98 Å². The van der Waals surface area contributed by atoms with Crippen LogP contribution in [0.5, 0.6) is 5.75 Å². The van der Waals surface area contributed by atoms with Crippen LogP contribution in [0.1, 0.15) is 49.0 Å². The first kappa shape index (κ1) is 12.1. The van der Waals surface area contributed by atoms with E-state index >= 15 is 0 Å². The standard InChI is InChI=1S/C14H19NO2/c1-17-13-7-4-10-15-14(13)12(16)9-8-11-5-2-3-6-11/h4,7,10-11H,2-3,5-6,8-9H2,1H3. The van der Waals surface area contributed by atoms with Crippen LogP contribution in [0.25, 0.3) is 0 Å². The lowest BCUT2D eigenvalue weighted by molar-refractivity contribution is 0.0966.